The zero-order valence-electron chi connectivity index (χ0n) is 19.3. The zero-order chi connectivity index (χ0) is 24.1. The molecule has 180 valence electrons. The van der Waals surface area contributed by atoms with E-state index >= 15 is 0 Å². The summed E-state index contributed by atoms with van der Waals surface area (Å²) in [7, 11) is 1.61. The minimum absolute atomic E-state index is 0.00566. The van der Waals surface area contributed by atoms with Crippen LogP contribution in [0.25, 0.3) is 0 Å². The average Bonchev–Trinajstić information content (AvgIpc) is 2.89. The smallest absolute Gasteiger partial charge is 0.270 e. The third kappa shape index (κ3) is 5.53. The highest BCUT2D eigenvalue weighted by Gasteiger charge is 2.32. The lowest BCUT2D eigenvalue weighted by Crippen LogP contribution is -2.49. The Hall–Kier alpha value is -3.46. The molecule has 0 atom stereocenters. The van der Waals surface area contributed by atoms with Crippen LogP contribution in [0.2, 0.25) is 0 Å². The Labute approximate surface area is 198 Å². The van der Waals surface area contributed by atoms with Crippen LogP contribution in [-0.4, -0.2) is 65.9 Å². The Kier molecular flexibility index (Phi) is 7.42. The van der Waals surface area contributed by atoms with Crippen LogP contribution < -0.4 is 10.1 Å². The van der Waals surface area contributed by atoms with Crippen molar-refractivity contribution in [3.05, 3.63) is 64.2 Å². The quantitative estimate of drug-likeness (QED) is 0.516. The second kappa shape index (κ2) is 10.6. The van der Waals surface area contributed by atoms with Gasteiger partial charge in [-0.3, -0.25) is 19.7 Å². The fourth-order valence-corrected chi connectivity index (χ4v) is 4.81. The molecule has 34 heavy (non-hydrogen) atoms. The molecule has 2 aliphatic heterocycles. The minimum Gasteiger partial charge on any atom is -0.497 e. The maximum Gasteiger partial charge on any atom is 0.270 e. The van der Waals surface area contributed by atoms with E-state index in [1.165, 1.54) is 12.1 Å². The summed E-state index contributed by atoms with van der Waals surface area (Å²) in [6.45, 7) is 2.99. The summed E-state index contributed by atoms with van der Waals surface area (Å²) in [4.78, 5) is 40.2. The molecule has 9 heteroatoms. The van der Waals surface area contributed by atoms with Gasteiger partial charge in [-0.15, -0.1) is 0 Å². The topological polar surface area (TPSA) is 105 Å². The van der Waals surface area contributed by atoms with Gasteiger partial charge in [-0.05, 0) is 69.1 Å². The molecule has 2 fully saturated rings. The number of piperidine rings is 2. The molecule has 0 aliphatic carbocycles. The number of nitro benzene ring substituents is 1. The third-order valence-corrected chi connectivity index (χ3v) is 6.83. The van der Waals surface area contributed by atoms with Crippen LogP contribution in [0.15, 0.2) is 48.5 Å². The van der Waals surface area contributed by atoms with Crippen LogP contribution in [0.1, 0.15) is 36.0 Å². The van der Waals surface area contributed by atoms with Gasteiger partial charge in [0.05, 0.1) is 12.0 Å². The number of amides is 2. The summed E-state index contributed by atoms with van der Waals surface area (Å²) in [5, 5.41) is 14.0. The lowest BCUT2D eigenvalue weighted by Gasteiger charge is -2.41. The van der Waals surface area contributed by atoms with E-state index < -0.39 is 4.92 Å². The van der Waals surface area contributed by atoms with Gasteiger partial charge < -0.3 is 19.9 Å². The summed E-state index contributed by atoms with van der Waals surface area (Å²) in [5.41, 5.74) is 1.06. The second-order valence-electron chi connectivity index (χ2n) is 8.86. The van der Waals surface area contributed by atoms with Crippen molar-refractivity contribution in [3.63, 3.8) is 0 Å². The third-order valence-electron chi connectivity index (χ3n) is 6.83. The number of rotatable bonds is 6. The lowest BCUT2D eigenvalue weighted by atomic mass is 9.92. The number of benzene rings is 2. The summed E-state index contributed by atoms with van der Waals surface area (Å²) in [6.07, 6.45) is 3.36. The van der Waals surface area contributed by atoms with E-state index in [1.54, 1.807) is 24.1 Å². The molecule has 0 saturated carbocycles. The molecule has 2 aromatic carbocycles. The molecule has 2 aliphatic rings. The van der Waals surface area contributed by atoms with Crippen molar-refractivity contribution < 1.29 is 19.2 Å². The van der Waals surface area contributed by atoms with Crippen LogP contribution >= 0.6 is 0 Å². The standard InChI is InChI=1S/C25H30N4O5/c1-34-23-7-5-20(6-8-23)26-24(30)18-9-13-27(14-10-18)21-11-15-28(16-12-21)25(31)19-3-2-4-22(17-19)29(32)33/h2-8,17-18,21H,9-16H2,1H3,(H,26,30). The number of nitrogens with one attached hydrogen (secondary N) is 1. The highest BCUT2D eigenvalue weighted by molar-refractivity contribution is 5.95. The average molecular weight is 467 g/mol. The van der Waals surface area contributed by atoms with Crippen molar-refractivity contribution in [1.29, 1.82) is 0 Å². The van der Waals surface area contributed by atoms with Crippen LogP contribution in [-0.2, 0) is 4.79 Å². The number of hydrogen-bond acceptors (Lipinski definition) is 6. The van der Waals surface area contributed by atoms with Crippen molar-refractivity contribution in [2.75, 3.05) is 38.6 Å². The highest BCUT2D eigenvalue weighted by atomic mass is 16.6. The molecule has 0 unspecified atom stereocenters. The molecule has 9 nitrogen and oxygen atoms in total. The fraction of sp³-hybridized carbons (Fsp3) is 0.440. The summed E-state index contributed by atoms with van der Waals surface area (Å²) in [5.74, 6) is 0.649. The van der Waals surface area contributed by atoms with Gasteiger partial charge in [0.2, 0.25) is 5.91 Å². The van der Waals surface area contributed by atoms with E-state index in [-0.39, 0.29) is 23.4 Å². The maximum absolute atomic E-state index is 12.8. The number of ether oxygens (including phenoxy) is 1. The van der Waals surface area contributed by atoms with Crippen molar-refractivity contribution in [1.82, 2.24) is 9.80 Å². The Morgan fingerprint density at radius 1 is 1.00 bits per heavy atom. The van der Waals surface area contributed by atoms with Gasteiger partial charge >= 0.3 is 0 Å². The van der Waals surface area contributed by atoms with Gasteiger partial charge in [-0.2, -0.15) is 0 Å². The molecule has 0 aromatic heterocycles. The van der Waals surface area contributed by atoms with E-state index in [1.807, 2.05) is 24.3 Å². The number of anilines is 1. The molecule has 2 saturated heterocycles. The fourth-order valence-electron chi connectivity index (χ4n) is 4.81. The molecule has 0 radical (unpaired) electrons. The van der Waals surface area contributed by atoms with E-state index in [0.717, 1.165) is 50.2 Å². The molecule has 2 aromatic rings. The Morgan fingerprint density at radius 3 is 2.29 bits per heavy atom. The van der Waals surface area contributed by atoms with E-state index in [2.05, 4.69) is 10.2 Å². The SMILES string of the molecule is COc1ccc(NC(=O)C2CCN(C3CCN(C(=O)c4cccc([N+](=O)[O-])c4)CC3)CC2)cc1. The predicted octanol–water partition coefficient (Wildman–Crippen LogP) is 3.56. The number of hydrogen-bond donors (Lipinski definition) is 1. The van der Waals surface area contributed by atoms with E-state index in [0.29, 0.717) is 24.7 Å². The first kappa shape index (κ1) is 23.7. The van der Waals surface area contributed by atoms with Gasteiger partial charge in [-0.25, -0.2) is 0 Å². The van der Waals surface area contributed by atoms with E-state index in [9.17, 15) is 19.7 Å². The monoisotopic (exact) mass is 466 g/mol. The molecule has 0 bridgehead atoms. The number of nitro groups is 1. The lowest BCUT2D eigenvalue weighted by molar-refractivity contribution is -0.384. The zero-order valence-corrected chi connectivity index (χ0v) is 19.3. The summed E-state index contributed by atoms with van der Waals surface area (Å²) < 4.78 is 5.15. The van der Waals surface area contributed by atoms with Gasteiger partial charge in [0.15, 0.2) is 0 Å². The Bertz CT molecular complexity index is 1030. The number of carbonyl (C=O) groups excluding carboxylic acids is 2. The first-order chi connectivity index (χ1) is 16.4. The molecular formula is C25H30N4O5. The molecule has 2 heterocycles. The van der Waals surface area contributed by atoms with Gasteiger partial charge in [0.25, 0.3) is 11.6 Å². The Balaban J connectivity index is 1.23. The van der Waals surface area contributed by atoms with Crippen LogP contribution in [0, 0.1) is 16.0 Å². The van der Waals surface area contributed by atoms with Crippen LogP contribution in [0.3, 0.4) is 0 Å². The molecule has 0 spiro atoms. The normalized spacial score (nSPS) is 17.9. The Morgan fingerprint density at radius 2 is 1.68 bits per heavy atom. The number of carbonyl (C=O) groups is 2. The second-order valence-corrected chi connectivity index (χ2v) is 8.86. The largest absolute Gasteiger partial charge is 0.497 e. The maximum atomic E-state index is 12.8. The summed E-state index contributed by atoms with van der Waals surface area (Å²) in [6, 6.07) is 13.6. The molecule has 1 N–H and O–H groups in total. The van der Waals surface area contributed by atoms with Crippen molar-refractivity contribution in [2.45, 2.75) is 31.7 Å². The van der Waals surface area contributed by atoms with Crippen molar-refractivity contribution in [2.24, 2.45) is 5.92 Å². The molecular weight excluding hydrogens is 436 g/mol. The van der Waals surface area contributed by atoms with Gasteiger partial charge in [-0.1, -0.05) is 6.07 Å². The number of likely N-dealkylation sites (tertiary alicyclic amines) is 2. The van der Waals surface area contributed by atoms with Gasteiger partial charge in [0.1, 0.15) is 5.75 Å². The summed E-state index contributed by atoms with van der Waals surface area (Å²) >= 11 is 0. The van der Waals surface area contributed by atoms with Crippen molar-refractivity contribution in [3.8, 4) is 5.75 Å². The predicted molar refractivity (Wildman–Crippen MR) is 128 cm³/mol. The minimum atomic E-state index is -0.482. The van der Waals surface area contributed by atoms with E-state index in [4.69, 9.17) is 4.74 Å². The molecule has 2 amide bonds. The number of methoxy groups -OCH3 is 1. The van der Waals surface area contributed by atoms with Crippen LogP contribution in [0.4, 0.5) is 11.4 Å². The van der Waals surface area contributed by atoms with Crippen molar-refractivity contribution >= 4 is 23.2 Å². The van der Waals surface area contributed by atoms with Gasteiger partial charge in [0, 0.05) is 48.4 Å². The number of non-ortho nitro benzene ring substituents is 1. The molecule has 4 rings (SSSR count). The highest BCUT2D eigenvalue weighted by Crippen LogP contribution is 2.26. The number of nitrogens with zero attached hydrogens (tertiary/aromatic N) is 3. The van der Waals surface area contributed by atoms with Crippen LogP contribution in [0.5, 0.6) is 5.75 Å². The first-order valence-corrected chi connectivity index (χ1v) is 11.7. The first-order valence-electron chi connectivity index (χ1n) is 11.7.